The summed E-state index contributed by atoms with van der Waals surface area (Å²) in [7, 11) is 0. The predicted octanol–water partition coefficient (Wildman–Crippen LogP) is 2.40. The first-order valence-electron chi connectivity index (χ1n) is 8.09. The molecule has 1 aromatic rings. The van der Waals surface area contributed by atoms with Crippen molar-refractivity contribution in [3.05, 3.63) is 23.8 Å². The minimum atomic E-state index is 0.0129. The molecule has 2 aliphatic rings. The lowest BCUT2D eigenvalue weighted by Gasteiger charge is -2.36. The number of carbonyl (C=O) groups excluding carboxylic acids is 1. The van der Waals surface area contributed by atoms with Crippen molar-refractivity contribution < 1.29 is 4.79 Å². The van der Waals surface area contributed by atoms with Crippen LogP contribution in [0, 0.1) is 5.92 Å². The van der Waals surface area contributed by atoms with Crippen LogP contribution in [0.15, 0.2) is 18.2 Å². The van der Waals surface area contributed by atoms with E-state index in [0.29, 0.717) is 0 Å². The maximum atomic E-state index is 11.4. The van der Waals surface area contributed by atoms with Gasteiger partial charge in [-0.25, -0.2) is 0 Å². The smallest absolute Gasteiger partial charge is 0.221 e. The monoisotopic (exact) mass is 287 g/mol. The molecule has 2 aliphatic heterocycles. The Morgan fingerprint density at radius 3 is 2.95 bits per heavy atom. The number of amides is 1. The third kappa shape index (κ3) is 3.38. The molecule has 114 valence electrons. The maximum Gasteiger partial charge on any atom is 0.221 e. The summed E-state index contributed by atoms with van der Waals surface area (Å²) in [5.41, 5.74) is 3.63. The fourth-order valence-corrected chi connectivity index (χ4v) is 3.57. The van der Waals surface area contributed by atoms with Crippen LogP contribution in [-0.4, -0.2) is 32.1 Å². The number of hydrogen-bond donors (Lipinski definition) is 2. The molecule has 1 fully saturated rings. The van der Waals surface area contributed by atoms with Gasteiger partial charge in [0.25, 0.3) is 0 Å². The summed E-state index contributed by atoms with van der Waals surface area (Å²) in [5.74, 6) is 0.806. The Morgan fingerprint density at radius 2 is 2.19 bits per heavy atom. The van der Waals surface area contributed by atoms with Crippen LogP contribution in [0.2, 0.25) is 0 Å². The number of nitrogens with one attached hydrogen (secondary N) is 2. The van der Waals surface area contributed by atoms with Crippen molar-refractivity contribution >= 4 is 17.3 Å². The normalized spacial score (nSPS) is 19.2. The summed E-state index contributed by atoms with van der Waals surface area (Å²) in [4.78, 5) is 13.9. The van der Waals surface area contributed by atoms with Gasteiger partial charge in [-0.3, -0.25) is 4.79 Å². The standard InChI is InChI=1S/C17H25N3O/c1-13(21)19-16-5-2-6-17-15(16)4-3-11-20(17)12-14-7-9-18-10-8-14/h2,5-6,14,18H,3-4,7-12H2,1H3,(H,19,21). The largest absolute Gasteiger partial charge is 0.371 e. The van der Waals surface area contributed by atoms with E-state index in [9.17, 15) is 4.79 Å². The Kier molecular flexibility index (Phi) is 4.44. The topological polar surface area (TPSA) is 44.4 Å². The maximum absolute atomic E-state index is 11.4. The van der Waals surface area contributed by atoms with Crippen LogP contribution in [0.5, 0.6) is 0 Å². The Balaban J connectivity index is 1.78. The molecule has 0 saturated carbocycles. The van der Waals surface area contributed by atoms with E-state index in [1.807, 2.05) is 6.07 Å². The van der Waals surface area contributed by atoms with Crippen LogP contribution >= 0.6 is 0 Å². The van der Waals surface area contributed by atoms with Crippen LogP contribution in [0.4, 0.5) is 11.4 Å². The van der Waals surface area contributed by atoms with Gasteiger partial charge in [0.05, 0.1) is 0 Å². The summed E-state index contributed by atoms with van der Waals surface area (Å²) in [5, 5.41) is 6.42. The van der Waals surface area contributed by atoms with Crippen LogP contribution < -0.4 is 15.5 Å². The van der Waals surface area contributed by atoms with Crippen LogP contribution in [0.1, 0.15) is 31.7 Å². The van der Waals surface area contributed by atoms with Gasteiger partial charge in [-0.2, -0.15) is 0 Å². The van der Waals surface area contributed by atoms with Gasteiger partial charge in [-0.05, 0) is 62.4 Å². The quantitative estimate of drug-likeness (QED) is 0.897. The highest BCUT2D eigenvalue weighted by atomic mass is 16.1. The third-order valence-corrected chi connectivity index (χ3v) is 4.59. The van der Waals surface area contributed by atoms with Crippen molar-refractivity contribution in [2.45, 2.75) is 32.6 Å². The summed E-state index contributed by atoms with van der Waals surface area (Å²) in [6, 6.07) is 6.29. The second kappa shape index (κ2) is 6.48. The van der Waals surface area contributed by atoms with Gasteiger partial charge >= 0.3 is 0 Å². The second-order valence-corrected chi connectivity index (χ2v) is 6.23. The molecular weight excluding hydrogens is 262 g/mol. The molecule has 2 heterocycles. The van der Waals surface area contributed by atoms with Crippen LogP contribution in [-0.2, 0) is 11.2 Å². The lowest BCUT2D eigenvalue weighted by atomic mass is 9.94. The van der Waals surface area contributed by atoms with E-state index in [1.54, 1.807) is 6.92 Å². The van der Waals surface area contributed by atoms with Crippen molar-refractivity contribution in [1.29, 1.82) is 0 Å². The zero-order valence-corrected chi connectivity index (χ0v) is 12.8. The molecule has 0 atom stereocenters. The average Bonchev–Trinajstić information content (AvgIpc) is 2.49. The highest BCUT2D eigenvalue weighted by molar-refractivity contribution is 5.90. The number of nitrogens with zero attached hydrogens (tertiary/aromatic N) is 1. The molecule has 0 radical (unpaired) electrons. The minimum Gasteiger partial charge on any atom is -0.371 e. The first-order chi connectivity index (χ1) is 10.2. The first kappa shape index (κ1) is 14.4. The van der Waals surface area contributed by atoms with Gasteiger partial charge in [-0.1, -0.05) is 6.07 Å². The number of carbonyl (C=O) groups is 1. The fourth-order valence-electron chi connectivity index (χ4n) is 3.57. The molecule has 1 amide bonds. The summed E-state index contributed by atoms with van der Waals surface area (Å²) in [6.07, 6.45) is 4.79. The third-order valence-electron chi connectivity index (χ3n) is 4.59. The Labute approximate surface area is 126 Å². The molecule has 0 unspecified atom stereocenters. The Hall–Kier alpha value is -1.55. The van der Waals surface area contributed by atoms with E-state index in [2.05, 4.69) is 27.7 Å². The van der Waals surface area contributed by atoms with Crippen LogP contribution in [0.3, 0.4) is 0 Å². The SMILES string of the molecule is CC(=O)Nc1cccc2c1CCCN2CC1CCNCC1. The molecule has 3 rings (SSSR count). The van der Waals surface area contributed by atoms with Crippen molar-refractivity contribution in [2.75, 3.05) is 36.4 Å². The lowest BCUT2D eigenvalue weighted by molar-refractivity contribution is -0.114. The molecule has 4 heteroatoms. The summed E-state index contributed by atoms with van der Waals surface area (Å²) in [6.45, 7) is 6.17. The van der Waals surface area contributed by atoms with Crippen molar-refractivity contribution in [3.63, 3.8) is 0 Å². The number of anilines is 2. The highest BCUT2D eigenvalue weighted by Crippen LogP contribution is 2.33. The van der Waals surface area contributed by atoms with Gasteiger partial charge < -0.3 is 15.5 Å². The number of benzene rings is 1. The minimum absolute atomic E-state index is 0.0129. The van der Waals surface area contributed by atoms with E-state index in [-0.39, 0.29) is 5.91 Å². The molecule has 0 bridgehead atoms. The summed E-state index contributed by atoms with van der Waals surface area (Å²) >= 11 is 0. The summed E-state index contributed by atoms with van der Waals surface area (Å²) < 4.78 is 0. The van der Waals surface area contributed by atoms with Crippen molar-refractivity contribution in [2.24, 2.45) is 5.92 Å². The molecule has 0 spiro atoms. The predicted molar refractivity (Wildman–Crippen MR) is 86.9 cm³/mol. The van der Waals surface area contributed by atoms with Crippen LogP contribution in [0.25, 0.3) is 0 Å². The molecule has 0 aromatic heterocycles. The van der Waals surface area contributed by atoms with Gasteiger partial charge in [0.2, 0.25) is 5.91 Å². The van der Waals surface area contributed by atoms with E-state index in [4.69, 9.17) is 0 Å². The van der Waals surface area contributed by atoms with Gasteiger partial charge in [0, 0.05) is 31.4 Å². The Bertz CT molecular complexity index is 509. The number of piperidine rings is 1. The molecule has 4 nitrogen and oxygen atoms in total. The molecule has 1 saturated heterocycles. The van der Waals surface area contributed by atoms with E-state index >= 15 is 0 Å². The van der Waals surface area contributed by atoms with Gasteiger partial charge in [-0.15, -0.1) is 0 Å². The van der Waals surface area contributed by atoms with Gasteiger partial charge in [0.1, 0.15) is 0 Å². The first-order valence-corrected chi connectivity index (χ1v) is 8.09. The molecule has 21 heavy (non-hydrogen) atoms. The van der Waals surface area contributed by atoms with E-state index in [0.717, 1.165) is 44.2 Å². The number of hydrogen-bond acceptors (Lipinski definition) is 3. The van der Waals surface area contributed by atoms with Crippen molar-refractivity contribution in [3.8, 4) is 0 Å². The number of rotatable bonds is 3. The zero-order valence-electron chi connectivity index (χ0n) is 12.8. The van der Waals surface area contributed by atoms with Crippen molar-refractivity contribution in [1.82, 2.24) is 5.32 Å². The van der Waals surface area contributed by atoms with E-state index in [1.165, 1.54) is 30.5 Å². The molecule has 1 aromatic carbocycles. The second-order valence-electron chi connectivity index (χ2n) is 6.23. The lowest BCUT2D eigenvalue weighted by Crippen LogP contribution is -2.38. The van der Waals surface area contributed by atoms with Gasteiger partial charge in [0.15, 0.2) is 0 Å². The molecule has 0 aliphatic carbocycles. The highest BCUT2D eigenvalue weighted by Gasteiger charge is 2.23. The molecule has 2 N–H and O–H groups in total. The average molecular weight is 287 g/mol. The number of fused-ring (bicyclic) bond motifs is 1. The molecular formula is C17H25N3O. The van der Waals surface area contributed by atoms with E-state index < -0.39 is 0 Å². The fraction of sp³-hybridized carbons (Fsp3) is 0.588. The Morgan fingerprint density at radius 1 is 1.38 bits per heavy atom. The zero-order chi connectivity index (χ0) is 14.7.